The number of anilines is 2. The van der Waals surface area contributed by atoms with Crippen LogP contribution in [-0.4, -0.2) is 39.1 Å². The lowest BCUT2D eigenvalue weighted by Crippen LogP contribution is -2.30. The second-order valence-electron chi connectivity index (χ2n) is 10.7. The number of thioether (sulfide) groups is 1. The van der Waals surface area contributed by atoms with Crippen molar-refractivity contribution in [3.63, 3.8) is 0 Å². The summed E-state index contributed by atoms with van der Waals surface area (Å²) >= 11 is 7.54. The minimum Gasteiger partial charge on any atom is -0.497 e. The van der Waals surface area contributed by atoms with E-state index in [1.807, 2.05) is 42.5 Å². The van der Waals surface area contributed by atoms with Gasteiger partial charge < -0.3 is 30.2 Å². The van der Waals surface area contributed by atoms with E-state index in [2.05, 4.69) is 16.0 Å². The van der Waals surface area contributed by atoms with Crippen LogP contribution in [0, 0.1) is 0 Å². The molecule has 9 nitrogen and oxygen atoms in total. The fourth-order valence-electron chi connectivity index (χ4n) is 4.86. The summed E-state index contributed by atoms with van der Waals surface area (Å²) < 4.78 is 16.2. The quantitative estimate of drug-likeness (QED) is 0.0834. The molecular weight excluding hydrogens is 674 g/mol. The van der Waals surface area contributed by atoms with Gasteiger partial charge in [0.2, 0.25) is 5.91 Å². The number of carbonyl (C=O) groups is 3. The van der Waals surface area contributed by atoms with E-state index in [1.54, 1.807) is 86.0 Å². The van der Waals surface area contributed by atoms with Gasteiger partial charge in [-0.3, -0.25) is 14.4 Å². The lowest BCUT2D eigenvalue weighted by Gasteiger charge is -2.19. The highest BCUT2D eigenvalue weighted by atomic mass is 35.5. The second kappa shape index (κ2) is 17.1. The first kappa shape index (κ1) is 35.6. The first-order chi connectivity index (χ1) is 24.3. The SMILES string of the molecule is COc1ccc(/C=C(\NC(=O)c2ccccc2)C(=O)Nc2ccc(SC(C(=O)Nc3cc(Cl)ccc3OC)c3ccccc3)cc2)c(OC)c1. The van der Waals surface area contributed by atoms with Crippen molar-refractivity contribution in [2.24, 2.45) is 0 Å². The summed E-state index contributed by atoms with van der Waals surface area (Å²) in [5.74, 6) is 0.246. The van der Waals surface area contributed by atoms with Crippen LogP contribution in [0.1, 0.15) is 26.7 Å². The van der Waals surface area contributed by atoms with E-state index in [1.165, 1.54) is 32.1 Å². The summed E-state index contributed by atoms with van der Waals surface area (Å²) in [7, 11) is 4.57. The molecule has 254 valence electrons. The number of nitrogens with one attached hydrogen (secondary N) is 3. The van der Waals surface area contributed by atoms with E-state index >= 15 is 0 Å². The number of rotatable bonds is 13. The monoisotopic (exact) mass is 707 g/mol. The van der Waals surface area contributed by atoms with E-state index in [-0.39, 0.29) is 11.6 Å². The summed E-state index contributed by atoms with van der Waals surface area (Å²) in [5.41, 5.74) is 2.67. The van der Waals surface area contributed by atoms with Gasteiger partial charge in [-0.1, -0.05) is 60.1 Å². The molecule has 0 bridgehead atoms. The Morgan fingerprint density at radius 2 is 1.40 bits per heavy atom. The van der Waals surface area contributed by atoms with E-state index in [9.17, 15) is 14.4 Å². The van der Waals surface area contributed by atoms with Crippen LogP contribution in [0.3, 0.4) is 0 Å². The first-order valence-corrected chi connectivity index (χ1v) is 16.6. The zero-order valence-electron chi connectivity index (χ0n) is 27.4. The highest BCUT2D eigenvalue weighted by Crippen LogP contribution is 2.38. The van der Waals surface area contributed by atoms with Gasteiger partial charge in [0.25, 0.3) is 11.8 Å². The van der Waals surface area contributed by atoms with Crippen molar-refractivity contribution in [1.82, 2.24) is 5.32 Å². The Hall–Kier alpha value is -5.71. The zero-order valence-corrected chi connectivity index (χ0v) is 29.0. The maximum atomic E-state index is 13.7. The molecule has 3 amide bonds. The van der Waals surface area contributed by atoms with Gasteiger partial charge in [0.15, 0.2) is 0 Å². The van der Waals surface area contributed by atoms with Crippen molar-refractivity contribution in [1.29, 1.82) is 0 Å². The van der Waals surface area contributed by atoms with Crippen molar-refractivity contribution >= 4 is 58.5 Å². The highest BCUT2D eigenvalue weighted by molar-refractivity contribution is 8.00. The van der Waals surface area contributed by atoms with Crippen LogP contribution in [0.15, 0.2) is 132 Å². The Labute approximate surface area is 299 Å². The fraction of sp³-hybridized carbons (Fsp3) is 0.103. The van der Waals surface area contributed by atoms with Crippen molar-refractivity contribution < 1.29 is 28.6 Å². The third kappa shape index (κ3) is 9.25. The Kier molecular flexibility index (Phi) is 12.2. The Morgan fingerprint density at radius 1 is 0.720 bits per heavy atom. The molecule has 0 saturated heterocycles. The molecule has 0 radical (unpaired) electrons. The van der Waals surface area contributed by atoms with Gasteiger partial charge in [-0.25, -0.2) is 0 Å². The van der Waals surface area contributed by atoms with Crippen LogP contribution in [-0.2, 0) is 9.59 Å². The molecule has 11 heteroatoms. The van der Waals surface area contributed by atoms with Crippen molar-refractivity contribution in [2.75, 3.05) is 32.0 Å². The summed E-state index contributed by atoms with van der Waals surface area (Å²) in [4.78, 5) is 41.2. The lowest BCUT2D eigenvalue weighted by atomic mass is 10.1. The van der Waals surface area contributed by atoms with Crippen molar-refractivity contribution in [2.45, 2.75) is 10.1 Å². The molecule has 0 heterocycles. The lowest BCUT2D eigenvalue weighted by molar-refractivity contribution is -0.116. The van der Waals surface area contributed by atoms with Crippen molar-refractivity contribution in [3.05, 3.63) is 149 Å². The largest absolute Gasteiger partial charge is 0.497 e. The number of ether oxygens (including phenoxy) is 3. The molecule has 50 heavy (non-hydrogen) atoms. The average molecular weight is 708 g/mol. The predicted octanol–water partition coefficient (Wildman–Crippen LogP) is 8.25. The van der Waals surface area contributed by atoms with Crippen molar-refractivity contribution in [3.8, 4) is 17.2 Å². The highest BCUT2D eigenvalue weighted by Gasteiger charge is 2.24. The molecule has 0 aliphatic heterocycles. The summed E-state index contributed by atoms with van der Waals surface area (Å²) in [6.07, 6.45) is 1.54. The van der Waals surface area contributed by atoms with Crippen LogP contribution in [0.25, 0.3) is 6.08 Å². The predicted molar refractivity (Wildman–Crippen MR) is 198 cm³/mol. The number of hydrogen-bond donors (Lipinski definition) is 3. The average Bonchev–Trinajstić information content (AvgIpc) is 3.15. The fourth-order valence-corrected chi connectivity index (χ4v) is 6.06. The zero-order chi connectivity index (χ0) is 35.5. The number of methoxy groups -OCH3 is 3. The van der Waals surface area contributed by atoms with E-state index < -0.39 is 17.1 Å². The number of benzene rings is 5. The normalized spacial score (nSPS) is 11.6. The molecule has 0 spiro atoms. The van der Waals surface area contributed by atoms with Crippen LogP contribution in [0.4, 0.5) is 11.4 Å². The standard InChI is InChI=1S/C39H34ClN3O6S/c1-47-30-18-14-27(35(24-30)49-3)22-33(43-37(44)26-12-8-5-9-13-26)38(45)41-29-16-19-31(20-17-29)50-36(25-10-6-4-7-11-25)39(46)42-32-23-28(40)15-21-34(32)48-2/h4-24,36H,1-3H3,(H,41,45)(H,42,46)(H,43,44)/b33-22-. The Morgan fingerprint density at radius 3 is 2.06 bits per heavy atom. The van der Waals surface area contributed by atoms with Crippen LogP contribution < -0.4 is 30.2 Å². The molecule has 0 aliphatic rings. The van der Waals surface area contributed by atoms with Crippen LogP contribution >= 0.6 is 23.4 Å². The molecule has 5 aromatic rings. The third-order valence-electron chi connectivity index (χ3n) is 7.40. The van der Waals surface area contributed by atoms with E-state index in [0.717, 1.165) is 10.5 Å². The Balaban J connectivity index is 1.37. The first-order valence-electron chi connectivity index (χ1n) is 15.4. The molecule has 0 saturated carbocycles. The van der Waals surface area contributed by atoms with Gasteiger partial charge in [-0.05, 0) is 78.4 Å². The number of amides is 3. The molecule has 0 fully saturated rings. The van der Waals surface area contributed by atoms with Gasteiger partial charge in [-0.15, -0.1) is 11.8 Å². The summed E-state index contributed by atoms with van der Waals surface area (Å²) in [6, 6.07) is 35.2. The number of hydrogen-bond acceptors (Lipinski definition) is 7. The molecule has 0 aromatic heterocycles. The molecule has 5 aromatic carbocycles. The van der Waals surface area contributed by atoms with Gasteiger partial charge in [-0.2, -0.15) is 0 Å². The Bertz CT molecular complexity index is 1990. The smallest absolute Gasteiger partial charge is 0.272 e. The van der Waals surface area contributed by atoms with Gasteiger partial charge >= 0.3 is 0 Å². The minimum atomic E-state index is -0.623. The van der Waals surface area contributed by atoms with Gasteiger partial charge in [0, 0.05) is 32.8 Å². The topological polar surface area (TPSA) is 115 Å². The number of carbonyl (C=O) groups excluding carboxylic acids is 3. The van der Waals surface area contributed by atoms with Crippen LogP contribution in [0.2, 0.25) is 5.02 Å². The maximum Gasteiger partial charge on any atom is 0.272 e. The maximum absolute atomic E-state index is 13.7. The van der Waals surface area contributed by atoms with E-state index in [4.69, 9.17) is 25.8 Å². The van der Waals surface area contributed by atoms with Gasteiger partial charge in [0.1, 0.15) is 28.2 Å². The molecule has 1 atom stereocenters. The molecule has 0 aliphatic carbocycles. The molecule has 5 rings (SSSR count). The number of halogens is 1. The third-order valence-corrected chi connectivity index (χ3v) is 8.90. The summed E-state index contributed by atoms with van der Waals surface area (Å²) in [6.45, 7) is 0. The minimum absolute atomic E-state index is 0.00183. The second-order valence-corrected chi connectivity index (χ2v) is 12.3. The van der Waals surface area contributed by atoms with E-state index in [0.29, 0.717) is 44.8 Å². The molecule has 3 N–H and O–H groups in total. The summed E-state index contributed by atoms with van der Waals surface area (Å²) in [5, 5.41) is 8.39. The molecule has 1 unspecified atom stereocenters. The van der Waals surface area contributed by atoms with Crippen LogP contribution in [0.5, 0.6) is 17.2 Å². The molecular formula is C39H34ClN3O6S. The van der Waals surface area contributed by atoms with Gasteiger partial charge in [0.05, 0.1) is 27.0 Å².